The van der Waals surface area contributed by atoms with Gasteiger partial charge in [0.05, 0.1) is 5.56 Å². The smallest absolute Gasteiger partial charge is 0.338 e. The van der Waals surface area contributed by atoms with Crippen molar-refractivity contribution in [2.75, 3.05) is 18.5 Å². The SMILES string of the molecule is CCNC(=O)c1cccc(NC(=O)COC(=O)c2ccc3[nH]c4c(c3c2)CCCC4)c1. The van der Waals surface area contributed by atoms with E-state index in [1.807, 2.05) is 19.1 Å². The highest BCUT2D eigenvalue weighted by molar-refractivity contribution is 5.99. The molecule has 160 valence electrons. The third kappa shape index (κ3) is 4.60. The fourth-order valence-corrected chi connectivity index (χ4v) is 3.95. The Labute approximate surface area is 180 Å². The number of aromatic nitrogens is 1. The Hall–Kier alpha value is -3.61. The lowest BCUT2D eigenvalue weighted by Gasteiger charge is -2.10. The number of H-pyrrole nitrogens is 1. The van der Waals surface area contributed by atoms with E-state index < -0.39 is 18.5 Å². The number of esters is 1. The number of aromatic amines is 1. The molecule has 3 aromatic rings. The van der Waals surface area contributed by atoms with Crippen molar-refractivity contribution < 1.29 is 19.1 Å². The Bertz CT molecular complexity index is 1150. The van der Waals surface area contributed by atoms with Gasteiger partial charge < -0.3 is 20.4 Å². The fourth-order valence-electron chi connectivity index (χ4n) is 3.95. The summed E-state index contributed by atoms with van der Waals surface area (Å²) in [4.78, 5) is 40.1. The molecule has 0 saturated carbocycles. The molecule has 0 radical (unpaired) electrons. The lowest BCUT2D eigenvalue weighted by molar-refractivity contribution is -0.119. The van der Waals surface area contributed by atoms with Crippen LogP contribution < -0.4 is 10.6 Å². The van der Waals surface area contributed by atoms with E-state index >= 15 is 0 Å². The highest BCUT2D eigenvalue weighted by atomic mass is 16.5. The Morgan fingerprint density at radius 3 is 2.71 bits per heavy atom. The van der Waals surface area contributed by atoms with Gasteiger partial charge in [0.25, 0.3) is 11.8 Å². The third-order valence-corrected chi connectivity index (χ3v) is 5.41. The molecule has 31 heavy (non-hydrogen) atoms. The normalized spacial score (nSPS) is 12.8. The van der Waals surface area contributed by atoms with Crippen molar-refractivity contribution in [1.29, 1.82) is 0 Å². The first kappa shape index (κ1) is 20.7. The maximum Gasteiger partial charge on any atom is 0.338 e. The minimum Gasteiger partial charge on any atom is -0.452 e. The van der Waals surface area contributed by atoms with Gasteiger partial charge in [0, 0.05) is 34.4 Å². The van der Waals surface area contributed by atoms with Crippen molar-refractivity contribution in [3.63, 3.8) is 0 Å². The number of carbonyl (C=O) groups is 3. The van der Waals surface area contributed by atoms with Gasteiger partial charge in [-0.2, -0.15) is 0 Å². The van der Waals surface area contributed by atoms with E-state index in [2.05, 4.69) is 15.6 Å². The van der Waals surface area contributed by atoms with Crippen LogP contribution in [0.15, 0.2) is 42.5 Å². The number of nitrogens with one attached hydrogen (secondary N) is 3. The molecule has 7 nitrogen and oxygen atoms in total. The molecule has 0 aliphatic heterocycles. The summed E-state index contributed by atoms with van der Waals surface area (Å²) in [5.41, 5.74) is 4.88. The molecule has 0 saturated heterocycles. The lowest BCUT2D eigenvalue weighted by Crippen LogP contribution is -2.23. The third-order valence-electron chi connectivity index (χ3n) is 5.41. The fraction of sp³-hybridized carbons (Fsp3) is 0.292. The predicted octanol–water partition coefficient (Wildman–Crippen LogP) is 3.59. The molecule has 0 spiro atoms. The zero-order valence-corrected chi connectivity index (χ0v) is 17.4. The van der Waals surface area contributed by atoms with Crippen LogP contribution in [0.5, 0.6) is 0 Å². The Morgan fingerprint density at radius 1 is 1.03 bits per heavy atom. The lowest BCUT2D eigenvalue weighted by atomic mass is 9.95. The molecule has 7 heteroatoms. The highest BCUT2D eigenvalue weighted by Gasteiger charge is 2.18. The van der Waals surface area contributed by atoms with Gasteiger partial charge in [-0.3, -0.25) is 9.59 Å². The van der Waals surface area contributed by atoms with Crippen LogP contribution in [0.4, 0.5) is 5.69 Å². The molecule has 0 bridgehead atoms. The van der Waals surface area contributed by atoms with E-state index in [9.17, 15) is 14.4 Å². The molecule has 4 rings (SSSR count). The average molecular weight is 419 g/mol. The minimum absolute atomic E-state index is 0.215. The molecule has 1 aliphatic rings. The number of rotatable bonds is 6. The van der Waals surface area contributed by atoms with Crippen LogP contribution in [-0.4, -0.2) is 35.9 Å². The second-order valence-corrected chi connectivity index (χ2v) is 7.61. The highest BCUT2D eigenvalue weighted by Crippen LogP contribution is 2.29. The second kappa shape index (κ2) is 9.04. The maximum absolute atomic E-state index is 12.5. The topological polar surface area (TPSA) is 100 Å². The standard InChI is InChI=1S/C24H25N3O4/c1-2-25-23(29)15-6-5-7-17(12-15)26-22(28)14-31-24(30)16-10-11-21-19(13-16)18-8-3-4-9-20(18)27-21/h5-7,10-13,27H,2-4,8-9,14H2,1H3,(H,25,29)(H,26,28). The summed E-state index contributed by atoms with van der Waals surface area (Å²) in [5.74, 6) is -1.23. The largest absolute Gasteiger partial charge is 0.452 e. The van der Waals surface area contributed by atoms with Gasteiger partial charge in [-0.15, -0.1) is 0 Å². The first-order valence-electron chi connectivity index (χ1n) is 10.5. The molecular formula is C24H25N3O4. The maximum atomic E-state index is 12.5. The monoisotopic (exact) mass is 419 g/mol. The number of benzene rings is 2. The molecule has 0 fully saturated rings. The zero-order chi connectivity index (χ0) is 21.8. The van der Waals surface area contributed by atoms with Crippen LogP contribution in [-0.2, 0) is 22.4 Å². The first-order chi connectivity index (χ1) is 15.0. The van der Waals surface area contributed by atoms with Crippen LogP contribution in [0.2, 0.25) is 0 Å². The van der Waals surface area contributed by atoms with Crippen LogP contribution >= 0.6 is 0 Å². The molecule has 1 heterocycles. The Balaban J connectivity index is 1.38. The van der Waals surface area contributed by atoms with Crippen LogP contribution in [0.1, 0.15) is 51.7 Å². The number of hydrogen-bond acceptors (Lipinski definition) is 4. The van der Waals surface area contributed by atoms with Gasteiger partial charge in [0.2, 0.25) is 0 Å². The summed E-state index contributed by atoms with van der Waals surface area (Å²) in [5, 5.41) is 6.41. The number of anilines is 1. The van der Waals surface area contributed by atoms with Crippen LogP contribution in [0.3, 0.4) is 0 Å². The number of fused-ring (bicyclic) bond motifs is 3. The van der Waals surface area contributed by atoms with Gasteiger partial charge in [0.1, 0.15) is 0 Å². The van der Waals surface area contributed by atoms with E-state index in [0.717, 1.165) is 30.2 Å². The predicted molar refractivity (Wildman–Crippen MR) is 118 cm³/mol. The van der Waals surface area contributed by atoms with E-state index in [0.29, 0.717) is 23.4 Å². The van der Waals surface area contributed by atoms with Crippen molar-refractivity contribution in [2.24, 2.45) is 0 Å². The molecule has 3 N–H and O–H groups in total. The summed E-state index contributed by atoms with van der Waals surface area (Å²) < 4.78 is 5.21. The van der Waals surface area contributed by atoms with Gasteiger partial charge in [-0.1, -0.05) is 6.07 Å². The minimum atomic E-state index is -0.543. The van der Waals surface area contributed by atoms with E-state index in [1.54, 1.807) is 30.3 Å². The quantitative estimate of drug-likeness (QED) is 0.532. The van der Waals surface area contributed by atoms with Crippen LogP contribution in [0.25, 0.3) is 10.9 Å². The second-order valence-electron chi connectivity index (χ2n) is 7.61. The molecule has 1 aliphatic carbocycles. The van der Waals surface area contributed by atoms with Gasteiger partial charge in [0.15, 0.2) is 6.61 Å². The van der Waals surface area contributed by atoms with Gasteiger partial charge in [-0.05, 0) is 74.6 Å². The number of amides is 2. The Morgan fingerprint density at radius 2 is 1.87 bits per heavy atom. The van der Waals surface area contributed by atoms with Gasteiger partial charge in [-0.25, -0.2) is 4.79 Å². The summed E-state index contributed by atoms with van der Waals surface area (Å²) >= 11 is 0. The van der Waals surface area contributed by atoms with E-state index in [-0.39, 0.29) is 5.91 Å². The summed E-state index contributed by atoms with van der Waals surface area (Å²) in [6.45, 7) is 1.94. The number of carbonyl (C=O) groups excluding carboxylic acids is 3. The van der Waals surface area contributed by atoms with Gasteiger partial charge >= 0.3 is 5.97 Å². The number of hydrogen-bond donors (Lipinski definition) is 3. The molecule has 1 aromatic heterocycles. The van der Waals surface area contributed by atoms with Crippen molar-refractivity contribution >= 4 is 34.4 Å². The van der Waals surface area contributed by atoms with Crippen molar-refractivity contribution in [1.82, 2.24) is 10.3 Å². The molecular weight excluding hydrogens is 394 g/mol. The van der Waals surface area contributed by atoms with E-state index in [1.165, 1.54) is 17.7 Å². The number of aryl methyl sites for hydroxylation is 2. The zero-order valence-electron chi connectivity index (χ0n) is 17.4. The molecule has 2 amide bonds. The Kier molecular flexibility index (Phi) is 6.02. The van der Waals surface area contributed by atoms with Crippen molar-refractivity contribution in [2.45, 2.75) is 32.6 Å². The summed E-state index contributed by atoms with van der Waals surface area (Å²) in [6, 6.07) is 12.0. The molecule has 0 atom stereocenters. The summed E-state index contributed by atoms with van der Waals surface area (Å²) in [6.07, 6.45) is 4.36. The molecule has 2 aromatic carbocycles. The van der Waals surface area contributed by atoms with Crippen molar-refractivity contribution in [3.05, 3.63) is 64.8 Å². The molecule has 0 unspecified atom stereocenters. The van der Waals surface area contributed by atoms with E-state index in [4.69, 9.17) is 4.74 Å². The van der Waals surface area contributed by atoms with Crippen LogP contribution in [0, 0.1) is 0 Å². The number of ether oxygens (including phenoxy) is 1. The van der Waals surface area contributed by atoms with Crippen molar-refractivity contribution in [3.8, 4) is 0 Å². The average Bonchev–Trinajstić information content (AvgIpc) is 3.16. The first-order valence-corrected chi connectivity index (χ1v) is 10.5. The summed E-state index contributed by atoms with van der Waals surface area (Å²) in [7, 11) is 0.